The van der Waals surface area contributed by atoms with Crippen LogP contribution in [0, 0.1) is 16.0 Å². The molecule has 0 N–H and O–H groups in total. The molecule has 4 rings (SSSR count). The molecule has 2 aliphatic heterocycles. The Kier molecular flexibility index (Phi) is 3.63. The van der Waals surface area contributed by atoms with Crippen LogP contribution in [0.1, 0.15) is 37.4 Å². The number of ether oxygens (including phenoxy) is 2. The van der Waals surface area contributed by atoms with Crippen molar-refractivity contribution in [2.24, 2.45) is 5.92 Å². The van der Waals surface area contributed by atoms with Gasteiger partial charge in [0, 0.05) is 31.0 Å². The highest BCUT2D eigenvalue weighted by molar-refractivity contribution is 5.35. The van der Waals surface area contributed by atoms with Crippen LogP contribution < -0.4 is 0 Å². The molecule has 3 aliphatic rings. The van der Waals surface area contributed by atoms with E-state index in [0.717, 1.165) is 37.3 Å². The van der Waals surface area contributed by atoms with E-state index < -0.39 is 5.79 Å². The molecule has 0 radical (unpaired) electrons. The highest BCUT2D eigenvalue weighted by atomic mass is 16.7. The number of benzene rings is 1. The van der Waals surface area contributed by atoms with Gasteiger partial charge >= 0.3 is 0 Å². The molecule has 0 amide bonds. The summed E-state index contributed by atoms with van der Waals surface area (Å²) < 4.78 is 12.4. The SMILES string of the molecule is CN1CCC2CCC3(CC21)OCC(c1cccc([N+](=O)[O-])c1)O3. The minimum atomic E-state index is -0.505. The lowest BCUT2D eigenvalue weighted by Gasteiger charge is -2.40. The van der Waals surface area contributed by atoms with E-state index in [1.165, 1.54) is 12.5 Å². The number of rotatable bonds is 2. The zero-order valence-corrected chi connectivity index (χ0v) is 13.3. The van der Waals surface area contributed by atoms with Crippen LogP contribution in [-0.4, -0.2) is 41.9 Å². The van der Waals surface area contributed by atoms with Crippen LogP contribution in [-0.2, 0) is 9.47 Å². The molecule has 1 aromatic carbocycles. The number of likely N-dealkylation sites (tertiary alicyclic amines) is 1. The van der Waals surface area contributed by atoms with Crippen molar-refractivity contribution in [2.75, 3.05) is 20.2 Å². The molecule has 1 saturated carbocycles. The summed E-state index contributed by atoms with van der Waals surface area (Å²) in [7, 11) is 2.18. The van der Waals surface area contributed by atoms with Crippen LogP contribution >= 0.6 is 0 Å². The number of nitro benzene ring substituents is 1. The number of nitrogens with zero attached hydrogens (tertiary/aromatic N) is 2. The van der Waals surface area contributed by atoms with Gasteiger partial charge in [-0.15, -0.1) is 0 Å². The normalized spacial score (nSPS) is 37.2. The van der Waals surface area contributed by atoms with Crippen molar-refractivity contribution in [3.05, 3.63) is 39.9 Å². The third-order valence-corrected chi connectivity index (χ3v) is 5.69. The first-order valence-electron chi connectivity index (χ1n) is 8.33. The van der Waals surface area contributed by atoms with Gasteiger partial charge in [-0.2, -0.15) is 0 Å². The van der Waals surface area contributed by atoms with Crippen LogP contribution in [0.2, 0.25) is 0 Å². The molecule has 3 fully saturated rings. The first-order valence-corrected chi connectivity index (χ1v) is 8.33. The maximum atomic E-state index is 11.0. The summed E-state index contributed by atoms with van der Waals surface area (Å²) in [5.74, 6) is 0.254. The van der Waals surface area contributed by atoms with E-state index in [0.29, 0.717) is 12.6 Å². The maximum absolute atomic E-state index is 11.0. The Morgan fingerprint density at radius 2 is 2.26 bits per heavy atom. The molecule has 1 aromatic rings. The Balaban J connectivity index is 1.51. The van der Waals surface area contributed by atoms with Gasteiger partial charge in [0.1, 0.15) is 6.10 Å². The van der Waals surface area contributed by atoms with Crippen molar-refractivity contribution < 1.29 is 14.4 Å². The molecule has 4 unspecified atom stereocenters. The highest BCUT2D eigenvalue weighted by Gasteiger charge is 2.50. The second kappa shape index (κ2) is 5.54. The summed E-state index contributed by atoms with van der Waals surface area (Å²) in [5, 5.41) is 11.0. The Morgan fingerprint density at radius 3 is 3.09 bits per heavy atom. The van der Waals surface area contributed by atoms with Gasteiger partial charge in [-0.25, -0.2) is 0 Å². The molecule has 6 nitrogen and oxygen atoms in total. The zero-order chi connectivity index (χ0) is 16.0. The Bertz CT molecular complexity index is 622. The fourth-order valence-electron chi connectivity index (χ4n) is 4.37. The predicted octanol–water partition coefficient (Wildman–Crippen LogP) is 2.88. The number of non-ortho nitro benzene ring substituents is 1. The second-order valence-electron chi connectivity index (χ2n) is 7.02. The molecule has 2 heterocycles. The van der Waals surface area contributed by atoms with Gasteiger partial charge in [-0.1, -0.05) is 12.1 Å². The van der Waals surface area contributed by atoms with Gasteiger partial charge in [0.25, 0.3) is 5.69 Å². The van der Waals surface area contributed by atoms with E-state index in [1.807, 2.05) is 6.07 Å². The average molecular weight is 318 g/mol. The van der Waals surface area contributed by atoms with Gasteiger partial charge in [0.2, 0.25) is 0 Å². The van der Waals surface area contributed by atoms with Gasteiger partial charge < -0.3 is 14.4 Å². The van der Waals surface area contributed by atoms with E-state index in [2.05, 4.69) is 11.9 Å². The summed E-state index contributed by atoms with van der Waals surface area (Å²) in [4.78, 5) is 13.0. The summed E-state index contributed by atoms with van der Waals surface area (Å²) in [5.41, 5.74) is 0.934. The van der Waals surface area contributed by atoms with Crippen LogP contribution in [0.4, 0.5) is 5.69 Å². The summed E-state index contributed by atoms with van der Waals surface area (Å²) >= 11 is 0. The minimum absolute atomic E-state index is 0.103. The van der Waals surface area contributed by atoms with Crippen molar-refractivity contribution in [3.63, 3.8) is 0 Å². The number of hydrogen-bond acceptors (Lipinski definition) is 5. The largest absolute Gasteiger partial charge is 0.347 e. The van der Waals surface area contributed by atoms with Crippen LogP contribution in [0.25, 0.3) is 0 Å². The number of fused-ring (bicyclic) bond motifs is 1. The monoisotopic (exact) mass is 318 g/mol. The Morgan fingerprint density at radius 1 is 1.39 bits per heavy atom. The third kappa shape index (κ3) is 2.65. The van der Waals surface area contributed by atoms with Gasteiger partial charge in [-0.05, 0) is 37.9 Å². The second-order valence-corrected chi connectivity index (χ2v) is 7.02. The highest BCUT2D eigenvalue weighted by Crippen LogP contribution is 2.47. The summed E-state index contributed by atoms with van der Waals surface area (Å²) in [6.45, 7) is 1.63. The fourth-order valence-corrected chi connectivity index (χ4v) is 4.37. The van der Waals surface area contributed by atoms with Gasteiger partial charge in [0.15, 0.2) is 5.79 Å². The summed E-state index contributed by atoms with van der Waals surface area (Å²) in [6, 6.07) is 7.23. The molecular formula is C17H22N2O4. The van der Waals surface area contributed by atoms with E-state index in [4.69, 9.17) is 9.47 Å². The lowest BCUT2D eigenvalue weighted by atomic mass is 9.81. The van der Waals surface area contributed by atoms with Crippen molar-refractivity contribution in [1.29, 1.82) is 0 Å². The molecule has 0 aromatic heterocycles. The lowest BCUT2D eigenvalue weighted by Crippen LogP contribution is -2.45. The maximum Gasteiger partial charge on any atom is 0.269 e. The van der Waals surface area contributed by atoms with Gasteiger partial charge in [-0.3, -0.25) is 10.1 Å². The topological polar surface area (TPSA) is 64.8 Å². The van der Waals surface area contributed by atoms with E-state index in [1.54, 1.807) is 12.1 Å². The molecular weight excluding hydrogens is 296 g/mol. The van der Waals surface area contributed by atoms with E-state index >= 15 is 0 Å². The lowest BCUT2D eigenvalue weighted by molar-refractivity contribution is -0.385. The third-order valence-electron chi connectivity index (χ3n) is 5.69. The van der Waals surface area contributed by atoms with Gasteiger partial charge in [0.05, 0.1) is 11.5 Å². The van der Waals surface area contributed by atoms with Crippen molar-refractivity contribution >= 4 is 5.69 Å². The molecule has 4 atom stereocenters. The fraction of sp³-hybridized carbons (Fsp3) is 0.647. The molecule has 1 spiro atoms. The first-order chi connectivity index (χ1) is 11.1. The van der Waals surface area contributed by atoms with Crippen molar-refractivity contribution in [2.45, 2.75) is 43.6 Å². The van der Waals surface area contributed by atoms with Crippen molar-refractivity contribution in [3.8, 4) is 0 Å². The number of nitro groups is 1. The number of hydrogen-bond donors (Lipinski definition) is 0. The van der Waals surface area contributed by atoms with Crippen LogP contribution in [0.5, 0.6) is 0 Å². The smallest absolute Gasteiger partial charge is 0.269 e. The molecule has 6 heteroatoms. The average Bonchev–Trinajstić information content (AvgIpc) is 3.13. The molecule has 2 saturated heterocycles. The zero-order valence-electron chi connectivity index (χ0n) is 13.3. The minimum Gasteiger partial charge on any atom is -0.347 e. The first kappa shape index (κ1) is 15.1. The Labute approximate surface area is 135 Å². The van der Waals surface area contributed by atoms with E-state index in [-0.39, 0.29) is 16.7 Å². The van der Waals surface area contributed by atoms with Crippen LogP contribution in [0.3, 0.4) is 0 Å². The molecule has 23 heavy (non-hydrogen) atoms. The molecule has 124 valence electrons. The molecule has 1 aliphatic carbocycles. The standard InChI is InChI=1S/C17H22N2O4/c1-18-8-6-12-5-7-17(10-15(12)18)22-11-16(23-17)13-3-2-4-14(9-13)19(20)21/h2-4,9,12,15-16H,5-8,10-11H2,1H3. The van der Waals surface area contributed by atoms with Crippen LogP contribution in [0.15, 0.2) is 24.3 Å². The molecule has 0 bridgehead atoms. The predicted molar refractivity (Wildman–Crippen MR) is 84.0 cm³/mol. The quantitative estimate of drug-likeness (QED) is 0.620. The summed E-state index contributed by atoms with van der Waals surface area (Å²) in [6.07, 6.45) is 4.02. The van der Waals surface area contributed by atoms with E-state index in [9.17, 15) is 10.1 Å². The van der Waals surface area contributed by atoms with Crippen molar-refractivity contribution in [1.82, 2.24) is 4.90 Å². The Hall–Kier alpha value is -1.50.